The van der Waals surface area contributed by atoms with Gasteiger partial charge in [-0.1, -0.05) is 6.07 Å². The highest BCUT2D eigenvalue weighted by Gasteiger charge is 2.05. The van der Waals surface area contributed by atoms with E-state index in [0.717, 1.165) is 16.4 Å². The lowest BCUT2D eigenvalue weighted by Crippen LogP contribution is -2.23. The number of hydrogen-bond donors (Lipinski definition) is 1. The predicted octanol–water partition coefficient (Wildman–Crippen LogP) is 3.17. The fourth-order valence-electron chi connectivity index (χ4n) is 1.95. The van der Waals surface area contributed by atoms with E-state index >= 15 is 0 Å². The molecule has 1 N–H and O–H groups in total. The molecule has 0 aliphatic carbocycles. The van der Waals surface area contributed by atoms with Crippen LogP contribution in [0.4, 0.5) is 0 Å². The minimum Gasteiger partial charge on any atom is -0.465 e. The summed E-state index contributed by atoms with van der Waals surface area (Å²) in [5, 5.41) is 5.78. The summed E-state index contributed by atoms with van der Waals surface area (Å²) >= 11 is 1.57. The summed E-state index contributed by atoms with van der Waals surface area (Å²) in [5.41, 5.74) is 1.73. The molecule has 3 rings (SSSR count). The van der Waals surface area contributed by atoms with Crippen molar-refractivity contribution in [3.63, 3.8) is 0 Å². The first kappa shape index (κ1) is 15.2. The Bertz CT molecular complexity index is 779. The molecular weight excluding hydrogens is 310 g/mol. The van der Waals surface area contributed by atoms with Crippen LogP contribution >= 0.6 is 11.3 Å². The third-order valence-electron chi connectivity index (χ3n) is 3.06. The van der Waals surface area contributed by atoms with Crippen molar-refractivity contribution in [1.82, 2.24) is 15.3 Å². The summed E-state index contributed by atoms with van der Waals surface area (Å²) in [4.78, 5) is 20.5. The zero-order valence-electron chi connectivity index (χ0n) is 12.3. The Labute approximate surface area is 137 Å². The van der Waals surface area contributed by atoms with Crippen molar-refractivity contribution in [3.8, 4) is 11.4 Å². The largest absolute Gasteiger partial charge is 0.465 e. The number of rotatable bonds is 6. The first-order chi connectivity index (χ1) is 11.3. The van der Waals surface area contributed by atoms with Crippen LogP contribution in [0.25, 0.3) is 17.5 Å². The summed E-state index contributed by atoms with van der Waals surface area (Å²) in [7, 11) is 0. The molecular formula is C17H15N3O2S. The number of furan rings is 1. The van der Waals surface area contributed by atoms with Gasteiger partial charge in [-0.3, -0.25) is 9.78 Å². The summed E-state index contributed by atoms with van der Waals surface area (Å²) in [6, 6.07) is 9.31. The quantitative estimate of drug-likeness (QED) is 0.707. The number of hydrogen-bond acceptors (Lipinski definition) is 5. The van der Waals surface area contributed by atoms with Gasteiger partial charge in [0.15, 0.2) is 0 Å². The first-order valence-corrected chi connectivity index (χ1v) is 8.04. The van der Waals surface area contributed by atoms with Gasteiger partial charge in [0.05, 0.1) is 22.7 Å². The summed E-state index contributed by atoms with van der Waals surface area (Å²) in [6.07, 6.45) is 7.11. The molecule has 3 aromatic rings. The van der Waals surface area contributed by atoms with Crippen molar-refractivity contribution in [2.75, 3.05) is 6.54 Å². The van der Waals surface area contributed by atoms with Gasteiger partial charge < -0.3 is 9.73 Å². The second-order valence-electron chi connectivity index (χ2n) is 4.73. The average Bonchev–Trinajstić information content (AvgIpc) is 3.26. The predicted molar refractivity (Wildman–Crippen MR) is 89.8 cm³/mol. The fraction of sp³-hybridized carbons (Fsp3) is 0.118. The molecule has 0 radical (unpaired) electrons. The second-order valence-corrected chi connectivity index (χ2v) is 5.67. The van der Waals surface area contributed by atoms with Gasteiger partial charge in [0.2, 0.25) is 5.91 Å². The van der Waals surface area contributed by atoms with Gasteiger partial charge >= 0.3 is 0 Å². The summed E-state index contributed by atoms with van der Waals surface area (Å²) in [6.45, 7) is 0.538. The summed E-state index contributed by atoms with van der Waals surface area (Å²) in [5.74, 6) is 0.503. The molecule has 1 amide bonds. The monoisotopic (exact) mass is 325 g/mol. The number of thiazole rings is 1. The molecule has 116 valence electrons. The maximum Gasteiger partial charge on any atom is 0.244 e. The smallest absolute Gasteiger partial charge is 0.244 e. The Kier molecular flexibility index (Phi) is 4.95. The van der Waals surface area contributed by atoms with Crippen LogP contribution < -0.4 is 5.32 Å². The first-order valence-electron chi connectivity index (χ1n) is 7.16. The van der Waals surface area contributed by atoms with Crippen LogP contribution in [0.3, 0.4) is 0 Å². The number of aromatic nitrogens is 2. The van der Waals surface area contributed by atoms with Gasteiger partial charge in [-0.25, -0.2) is 4.98 Å². The van der Waals surface area contributed by atoms with Gasteiger partial charge in [0, 0.05) is 30.6 Å². The van der Waals surface area contributed by atoms with Crippen LogP contribution in [0.1, 0.15) is 10.8 Å². The van der Waals surface area contributed by atoms with E-state index in [2.05, 4.69) is 15.3 Å². The molecule has 3 aromatic heterocycles. The maximum absolute atomic E-state index is 11.7. The third kappa shape index (κ3) is 4.37. The molecule has 0 aromatic carbocycles. The van der Waals surface area contributed by atoms with E-state index in [4.69, 9.17) is 4.42 Å². The highest BCUT2D eigenvalue weighted by molar-refractivity contribution is 7.09. The lowest BCUT2D eigenvalue weighted by atomic mass is 10.3. The standard InChI is InChI=1S/C17H15N3O2S/c21-16(7-6-13-4-3-11-22-13)19-10-8-17-20-15(12-23-17)14-5-1-2-9-18-14/h1-7,9,11-12H,8,10H2,(H,19,21)/b7-6-. The van der Waals surface area contributed by atoms with E-state index < -0.39 is 0 Å². The highest BCUT2D eigenvalue weighted by atomic mass is 32.1. The fourth-order valence-corrected chi connectivity index (χ4v) is 2.75. The molecule has 0 bridgehead atoms. The van der Waals surface area contributed by atoms with E-state index in [-0.39, 0.29) is 5.91 Å². The van der Waals surface area contributed by atoms with Gasteiger partial charge in [-0.05, 0) is 30.3 Å². The molecule has 0 atom stereocenters. The number of nitrogens with zero attached hydrogens (tertiary/aromatic N) is 2. The normalized spacial score (nSPS) is 11.0. The zero-order valence-corrected chi connectivity index (χ0v) is 13.1. The van der Waals surface area contributed by atoms with Crippen LogP contribution in [-0.4, -0.2) is 22.4 Å². The lowest BCUT2D eigenvalue weighted by molar-refractivity contribution is -0.116. The second kappa shape index (κ2) is 7.51. The molecule has 0 saturated heterocycles. The van der Waals surface area contributed by atoms with Crippen molar-refractivity contribution >= 4 is 23.3 Å². The molecule has 0 saturated carbocycles. The van der Waals surface area contributed by atoms with Crippen LogP contribution in [0.15, 0.2) is 58.7 Å². The zero-order chi connectivity index (χ0) is 15.9. The molecule has 0 aliphatic rings. The molecule has 3 heterocycles. The molecule has 0 aliphatic heterocycles. The van der Waals surface area contributed by atoms with Gasteiger partial charge in [-0.15, -0.1) is 11.3 Å². The molecule has 0 spiro atoms. The van der Waals surface area contributed by atoms with E-state index in [9.17, 15) is 4.79 Å². The minimum atomic E-state index is -0.150. The highest BCUT2D eigenvalue weighted by Crippen LogP contribution is 2.19. The van der Waals surface area contributed by atoms with E-state index in [1.807, 2.05) is 23.6 Å². The SMILES string of the molecule is O=C(/C=C\c1ccco1)NCCc1nc(-c2ccccn2)cs1. The van der Waals surface area contributed by atoms with E-state index in [0.29, 0.717) is 18.7 Å². The Balaban J connectivity index is 1.48. The van der Waals surface area contributed by atoms with Gasteiger partial charge in [-0.2, -0.15) is 0 Å². The number of carbonyl (C=O) groups excluding carboxylic acids is 1. The van der Waals surface area contributed by atoms with Crippen LogP contribution in [0.5, 0.6) is 0 Å². The Morgan fingerprint density at radius 3 is 3.00 bits per heavy atom. The lowest BCUT2D eigenvalue weighted by Gasteiger charge is -1.99. The van der Waals surface area contributed by atoms with Gasteiger partial charge in [0.1, 0.15) is 5.76 Å². The molecule has 0 fully saturated rings. The van der Waals surface area contributed by atoms with Crippen LogP contribution in [0, 0.1) is 0 Å². The molecule has 6 heteroatoms. The molecule has 23 heavy (non-hydrogen) atoms. The number of amides is 1. The van der Waals surface area contributed by atoms with Crippen LogP contribution in [-0.2, 0) is 11.2 Å². The third-order valence-corrected chi connectivity index (χ3v) is 3.97. The number of pyridine rings is 1. The summed E-state index contributed by atoms with van der Waals surface area (Å²) < 4.78 is 5.12. The molecule has 0 unspecified atom stereocenters. The van der Waals surface area contributed by atoms with Crippen molar-refractivity contribution in [1.29, 1.82) is 0 Å². The minimum absolute atomic E-state index is 0.150. The topological polar surface area (TPSA) is 68.0 Å². The van der Waals surface area contributed by atoms with Crippen molar-refractivity contribution in [3.05, 3.63) is 65.0 Å². The number of nitrogens with one attached hydrogen (secondary N) is 1. The maximum atomic E-state index is 11.7. The molecule has 5 nitrogen and oxygen atoms in total. The Hall–Kier alpha value is -2.73. The number of carbonyl (C=O) groups is 1. The van der Waals surface area contributed by atoms with E-state index in [1.54, 1.807) is 42.0 Å². The average molecular weight is 325 g/mol. The van der Waals surface area contributed by atoms with Crippen molar-refractivity contribution in [2.24, 2.45) is 0 Å². The van der Waals surface area contributed by atoms with Crippen LogP contribution in [0.2, 0.25) is 0 Å². The Morgan fingerprint density at radius 1 is 1.26 bits per heavy atom. The van der Waals surface area contributed by atoms with Gasteiger partial charge in [0.25, 0.3) is 0 Å². The van der Waals surface area contributed by atoms with Crippen molar-refractivity contribution in [2.45, 2.75) is 6.42 Å². The van der Waals surface area contributed by atoms with E-state index in [1.165, 1.54) is 6.08 Å². The van der Waals surface area contributed by atoms with Crippen molar-refractivity contribution < 1.29 is 9.21 Å². The Morgan fingerprint density at radius 2 is 2.22 bits per heavy atom.